The van der Waals surface area contributed by atoms with Gasteiger partial charge in [0, 0.05) is 81.4 Å². The Hall–Kier alpha value is -2.97. The fourth-order valence-electron chi connectivity index (χ4n) is 7.41. The van der Waals surface area contributed by atoms with E-state index in [0.29, 0.717) is 25.7 Å². The molecule has 0 unspecified atom stereocenters. The highest BCUT2D eigenvalue weighted by atomic mass is 16.3. The normalized spacial score (nSPS) is 23.9. The minimum absolute atomic E-state index is 0.00116. The number of benzene rings is 1. The molecule has 2 amide bonds. The van der Waals surface area contributed by atoms with E-state index in [4.69, 9.17) is 4.98 Å². The lowest BCUT2D eigenvalue weighted by atomic mass is 9.60. The highest BCUT2D eigenvalue weighted by Gasteiger charge is 2.54. The third-order valence-corrected chi connectivity index (χ3v) is 9.66. The summed E-state index contributed by atoms with van der Waals surface area (Å²) in [7, 11) is 0. The van der Waals surface area contributed by atoms with Crippen LogP contribution in [0.1, 0.15) is 59.7 Å². The van der Waals surface area contributed by atoms with Crippen LogP contribution >= 0.6 is 0 Å². The molecule has 3 aliphatic heterocycles. The molecule has 200 valence electrons. The summed E-state index contributed by atoms with van der Waals surface area (Å²) in [6, 6.07) is 10.8. The molecule has 38 heavy (non-hydrogen) atoms. The molecular formula is C30H37N5O3. The van der Waals surface area contributed by atoms with Crippen molar-refractivity contribution in [1.29, 1.82) is 0 Å². The number of fused-ring (bicyclic) bond motifs is 3. The molecule has 3 fully saturated rings. The van der Waals surface area contributed by atoms with Gasteiger partial charge in [-0.2, -0.15) is 0 Å². The van der Waals surface area contributed by atoms with Crippen molar-refractivity contribution in [2.75, 3.05) is 44.6 Å². The second-order valence-corrected chi connectivity index (χ2v) is 12.6. The molecule has 1 atom stereocenters. The first kappa shape index (κ1) is 24.1. The molecule has 7 rings (SSSR count). The molecule has 2 aliphatic carbocycles. The van der Waals surface area contributed by atoms with Crippen LogP contribution in [0, 0.1) is 5.41 Å². The van der Waals surface area contributed by atoms with E-state index in [1.807, 2.05) is 22.1 Å². The number of likely N-dealkylation sites (tertiary alicyclic amines) is 1. The summed E-state index contributed by atoms with van der Waals surface area (Å²) in [6.45, 7) is 6.75. The van der Waals surface area contributed by atoms with Crippen molar-refractivity contribution in [2.24, 2.45) is 5.41 Å². The number of amides is 2. The number of pyridine rings is 1. The van der Waals surface area contributed by atoms with Crippen molar-refractivity contribution < 1.29 is 14.7 Å². The summed E-state index contributed by atoms with van der Waals surface area (Å²) < 4.78 is 0. The van der Waals surface area contributed by atoms with Gasteiger partial charge >= 0.3 is 0 Å². The highest BCUT2D eigenvalue weighted by Crippen LogP contribution is 2.53. The fraction of sp³-hybridized carbons (Fsp3) is 0.567. The van der Waals surface area contributed by atoms with Gasteiger partial charge in [0.2, 0.25) is 5.91 Å². The van der Waals surface area contributed by atoms with E-state index < -0.39 is 6.10 Å². The van der Waals surface area contributed by atoms with E-state index in [1.54, 1.807) is 6.92 Å². The van der Waals surface area contributed by atoms with Crippen LogP contribution in [0.5, 0.6) is 0 Å². The van der Waals surface area contributed by atoms with E-state index in [0.717, 1.165) is 75.2 Å². The van der Waals surface area contributed by atoms with Gasteiger partial charge in [-0.15, -0.1) is 0 Å². The van der Waals surface area contributed by atoms with Crippen LogP contribution in [-0.4, -0.2) is 88.0 Å². The van der Waals surface area contributed by atoms with Crippen LogP contribution in [0.2, 0.25) is 0 Å². The zero-order chi connectivity index (χ0) is 26.1. The Morgan fingerprint density at radius 2 is 1.92 bits per heavy atom. The molecule has 8 heteroatoms. The second-order valence-electron chi connectivity index (χ2n) is 12.6. The van der Waals surface area contributed by atoms with E-state index >= 15 is 0 Å². The van der Waals surface area contributed by atoms with Gasteiger partial charge in [-0.25, -0.2) is 4.98 Å². The first-order valence-electron chi connectivity index (χ1n) is 14.1. The van der Waals surface area contributed by atoms with Gasteiger partial charge in [0.15, 0.2) is 0 Å². The number of aromatic nitrogens is 1. The summed E-state index contributed by atoms with van der Waals surface area (Å²) in [5.41, 5.74) is 4.83. The molecule has 8 nitrogen and oxygen atoms in total. The van der Waals surface area contributed by atoms with Crippen LogP contribution in [0.15, 0.2) is 36.5 Å². The number of hydrogen-bond donors (Lipinski definition) is 2. The van der Waals surface area contributed by atoms with Gasteiger partial charge in [0.25, 0.3) is 5.91 Å². The Kier molecular flexibility index (Phi) is 5.57. The first-order valence-corrected chi connectivity index (χ1v) is 14.1. The number of carbonyl (C=O) groups is 2. The molecule has 2 spiro atoms. The quantitative estimate of drug-likeness (QED) is 0.614. The van der Waals surface area contributed by atoms with Gasteiger partial charge in [0.05, 0.1) is 6.10 Å². The molecule has 2 aromatic rings. The molecular weight excluding hydrogens is 478 g/mol. The van der Waals surface area contributed by atoms with Gasteiger partial charge in [-0.3, -0.25) is 14.5 Å². The Labute approximate surface area is 224 Å². The van der Waals surface area contributed by atoms with Gasteiger partial charge in [-0.05, 0) is 54.9 Å². The number of nitrogens with zero attached hydrogens (tertiary/aromatic N) is 4. The molecule has 0 radical (unpaired) electrons. The van der Waals surface area contributed by atoms with E-state index in [9.17, 15) is 14.7 Å². The molecule has 5 aliphatic rings. The van der Waals surface area contributed by atoms with Crippen LogP contribution in [0.4, 0.5) is 5.82 Å². The number of anilines is 1. The Balaban J connectivity index is 0.991. The van der Waals surface area contributed by atoms with E-state index in [1.165, 1.54) is 11.1 Å². The standard InChI is InChI=1S/C30H37N5O3/c1-20(36)35-17-29(18-35)11-23(12-29)32-27-10-25-26(13-31-27)30(7-8-30)19-34(28(25)38)16-24(37)15-33-9-6-21-4-2-3-5-22(21)14-33/h2-5,10,13,23-24,37H,6-9,11-12,14-19H2,1H3,(H,31,32)/t24-/m0/s1. The van der Waals surface area contributed by atoms with E-state index in [-0.39, 0.29) is 22.6 Å². The lowest BCUT2D eigenvalue weighted by molar-refractivity contribution is -0.147. The maximum atomic E-state index is 13.6. The largest absolute Gasteiger partial charge is 0.390 e. The average Bonchev–Trinajstić information content (AvgIpc) is 3.62. The number of rotatable bonds is 6. The lowest BCUT2D eigenvalue weighted by Crippen LogP contribution is -2.65. The maximum Gasteiger partial charge on any atom is 0.254 e. The van der Waals surface area contributed by atoms with Crippen LogP contribution < -0.4 is 5.32 Å². The molecule has 1 aromatic carbocycles. The Bertz CT molecular complexity index is 1280. The topological polar surface area (TPSA) is 89.0 Å². The number of aliphatic hydroxyl groups excluding tert-OH is 1. The van der Waals surface area contributed by atoms with Crippen molar-refractivity contribution in [1.82, 2.24) is 19.7 Å². The third-order valence-electron chi connectivity index (χ3n) is 9.66. The number of β-amino-alcohol motifs (C(OH)–C–C–N with tert-alkyl or cyclic N) is 1. The van der Waals surface area contributed by atoms with Crippen molar-refractivity contribution in [3.05, 3.63) is 58.8 Å². The molecule has 1 saturated heterocycles. The van der Waals surface area contributed by atoms with Crippen LogP contribution in [0.25, 0.3) is 0 Å². The molecule has 0 bridgehead atoms. The molecule has 1 aromatic heterocycles. The van der Waals surface area contributed by atoms with Crippen LogP contribution in [-0.2, 0) is 23.2 Å². The fourth-order valence-corrected chi connectivity index (χ4v) is 7.41. The Morgan fingerprint density at radius 1 is 1.16 bits per heavy atom. The first-order chi connectivity index (χ1) is 18.3. The van der Waals surface area contributed by atoms with Crippen molar-refractivity contribution >= 4 is 17.6 Å². The minimum atomic E-state index is -0.579. The average molecular weight is 516 g/mol. The second kappa shape index (κ2) is 8.78. The number of nitrogens with one attached hydrogen (secondary N) is 1. The van der Waals surface area contributed by atoms with Crippen molar-refractivity contribution in [3.63, 3.8) is 0 Å². The van der Waals surface area contributed by atoms with Gasteiger partial charge in [-0.1, -0.05) is 24.3 Å². The molecule has 2 saturated carbocycles. The predicted molar refractivity (Wildman–Crippen MR) is 144 cm³/mol. The smallest absolute Gasteiger partial charge is 0.254 e. The highest BCUT2D eigenvalue weighted by molar-refractivity contribution is 5.98. The lowest BCUT2D eigenvalue weighted by Gasteiger charge is -2.59. The van der Waals surface area contributed by atoms with Gasteiger partial charge in [0.1, 0.15) is 5.82 Å². The minimum Gasteiger partial charge on any atom is -0.390 e. The maximum absolute atomic E-state index is 13.6. The molecule has 4 heterocycles. The SMILES string of the molecule is CC(=O)N1CC2(CC(Nc3cc4c(cn3)C3(CC3)CN(C[C@@H](O)CN3CCc5ccccc5C3)C4=O)C2)C1. The number of hydrogen-bond acceptors (Lipinski definition) is 6. The van der Waals surface area contributed by atoms with Gasteiger partial charge < -0.3 is 20.2 Å². The Morgan fingerprint density at radius 3 is 2.66 bits per heavy atom. The summed E-state index contributed by atoms with van der Waals surface area (Å²) in [5.74, 6) is 0.920. The van der Waals surface area contributed by atoms with Crippen molar-refractivity contribution in [3.8, 4) is 0 Å². The van der Waals surface area contributed by atoms with Crippen molar-refractivity contribution in [2.45, 2.75) is 63.1 Å². The summed E-state index contributed by atoms with van der Waals surface area (Å²) in [5, 5.41) is 14.6. The monoisotopic (exact) mass is 515 g/mol. The number of aliphatic hydroxyl groups is 1. The zero-order valence-electron chi connectivity index (χ0n) is 22.2. The molecule has 2 N–H and O–H groups in total. The number of carbonyl (C=O) groups excluding carboxylic acids is 2. The summed E-state index contributed by atoms with van der Waals surface area (Å²) in [6.07, 6.45) is 6.53. The third kappa shape index (κ3) is 4.18. The summed E-state index contributed by atoms with van der Waals surface area (Å²) in [4.78, 5) is 35.9. The summed E-state index contributed by atoms with van der Waals surface area (Å²) >= 11 is 0. The predicted octanol–water partition coefficient (Wildman–Crippen LogP) is 2.41. The zero-order valence-corrected chi connectivity index (χ0v) is 22.2. The van der Waals surface area contributed by atoms with E-state index in [2.05, 4.69) is 34.5 Å². The van der Waals surface area contributed by atoms with Crippen LogP contribution in [0.3, 0.4) is 0 Å².